The molecule has 2 rings (SSSR count). The maximum atomic E-state index is 12.5. The zero-order valence-electron chi connectivity index (χ0n) is 12.4. The molecule has 0 unspecified atom stereocenters. The molecule has 0 aromatic heterocycles. The molecule has 0 radical (unpaired) electrons. The number of likely N-dealkylation sites (tertiary alicyclic amines) is 1. The standard InChI is InChI=1S/C16H21N3O/c1-12-5-4-6-13(2)14(12)15(20)18-16(11-17)7-9-19(3)10-8-16/h4-6H,7-10H2,1-3H3,(H,18,20). The Kier molecular flexibility index (Phi) is 4.10. The van der Waals surface area contributed by atoms with E-state index < -0.39 is 5.54 Å². The van der Waals surface area contributed by atoms with Crippen LogP contribution < -0.4 is 5.32 Å². The van der Waals surface area contributed by atoms with E-state index in [2.05, 4.69) is 16.3 Å². The summed E-state index contributed by atoms with van der Waals surface area (Å²) >= 11 is 0. The van der Waals surface area contributed by atoms with Crippen molar-refractivity contribution < 1.29 is 4.79 Å². The van der Waals surface area contributed by atoms with Crippen molar-refractivity contribution in [3.63, 3.8) is 0 Å². The molecule has 0 bridgehead atoms. The lowest BCUT2D eigenvalue weighted by Crippen LogP contribution is -2.54. The predicted molar refractivity (Wildman–Crippen MR) is 78.5 cm³/mol. The Bertz CT molecular complexity index is 531. The highest BCUT2D eigenvalue weighted by Crippen LogP contribution is 2.22. The lowest BCUT2D eigenvalue weighted by atomic mass is 9.88. The summed E-state index contributed by atoms with van der Waals surface area (Å²) < 4.78 is 0. The maximum absolute atomic E-state index is 12.5. The van der Waals surface area contributed by atoms with Crippen molar-refractivity contribution in [2.24, 2.45) is 0 Å². The Labute approximate surface area is 120 Å². The fourth-order valence-electron chi connectivity index (χ4n) is 2.72. The van der Waals surface area contributed by atoms with E-state index in [0.29, 0.717) is 18.4 Å². The highest BCUT2D eigenvalue weighted by Gasteiger charge is 2.35. The van der Waals surface area contributed by atoms with Crippen LogP contribution in [0.25, 0.3) is 0 Å². The molecule has 0 atom stereocenters. The van der Waals surface area contributed by atoms with Gasteiger partial charge < -0.3 is 10.2 Å². The highest BCUT2D eigenvalue weighted by atomic mass is 16.1. The Morgan fingerprint density at radius 1 is 1.30 bits per heavy atom. The minimum Gasteiger partial charge on any atom is -0.334 e. The molecule has 106 valence electrons. The summed E-state index contributed by atoms with van der Waals surface area (Å²) in [5, 5.41) is 12.5. The number of aryl methyl sites for hydroxylation is 2. The monoisotopic (exact) mass is 271 g/mol. The van der Waals surface area contributed by atoms with E-state index in [0.717, 1.165) is 24.2 Å². The molecule has 1 fully saturated rings. The first-order valence-corrected chi connectivity index (χ1v) is 6.96. The fourth-order valence-corrected chi connectivity index (χ4v) is 2.72. The van der Waals surface area contributed by atoms with Crippen LogP contribution in [0.4, 0.5) is 0 Å². The summed E-state index contributed by atoms with van der Waals surface area (Å²) in [7, 11) is 2.04. The third kappa shape index (κ3) is 2.83. The first-order chi connectivity index (χ1) is 9.47. The number of nitriles is 1. The number of rotatable bonds is 2. The number of carbonyl (C=O) groups excluding carboxylic acids is 1. The topological polar surface area (TPSA) is 56.1 Å². The van der Waals surface area contributed by atoms with Crippen molar-refractivity contribution in [2.45, 2.75) is 32.2 Å². The van der Waals surface area contributed by atoms with Crippen molar-refractivity contribution in [2.75, 3.05) is 20.1 Å². The lowest BCUT2D eigenvalue weighted by Gasteiger charge is -2.36. The average Bonchev–Trinajstić information content (AvgIpc) is 2.41. The smallest absolute Gasteiger partial charge is 0.253 e. The zero-order valence-corrected chi connectivity index (χ0v) is 12.4. The summed E-state index contributed by atoms with van der Waals surface area (Å²) in [5.41, 5.74) is 1.87. The van der Waals surface area contributed by atoms with E-state index >= 15 is 0 Å². The Morgan fingerprint density at radius 2 is 1.85 bits per heavy atom. The highest BCUT2D eigenvalue weighted by molar-refractivity contribution is 5.97. The number of carbonyl (C=O) groups is 1. The van der Waals surface area contributed by atoms with Crippen LogP contribution >= 0.6 is 0 Å². The van der Waals surface area contributed by atoms with Gasteiger partial charge in [0.15, 0.2) is 0 Å². The Hall–Kier alpha value is -1.86. The first-order valence-electron chi connectivity index (χ1n) is 6.96. The van der Waals surface area contributed by atoms with E-state index in [9.17, 15) is 10.1 Å². The number of hydrogen-bond donors (Lipinski definition) is 1. The number of nitrogens with one attached hydrogen (secondary N) is 1. The quantitative estimate of drug-likeness (QED) is 0.895. The summed E-state index contributed by atoms with van der Waals surface area (Å²) in [5.74, 6) is -0.133. The summed E-state index contributed by atoms with van der Waals surface area (Å²) in [6.07, 6.45) is 1.35. The molecule has 4 nitrogen and oxygen atoms in total. The van der Waals surface area contributed by atoms with Crippen molar-refractivity contribution >= 4 is 5.91 Å². The molecule has 0 saturated carbocycles. The lowest BCUT2D eigenvalue weighted by molar-refractivity contribution is 0.0880. The van der Waals surface area contributed by atoms with E-state index in [4.69, 9.17) is 0 Å². The van der Waals surface area contributed by atoms with Crippen molar-refractivity contribution in [3.05, 3.63) is 34.9 Å². The van der Waals surface area contributed by atoms with Gasteiger partial charge in [0.2, 0.25) is 0 Å². The summed E-state index contributed by atoms with van der Waals surface area (Å²) in [6.45, 7) is 5.52. The second-order valence-corrected chi connectivity index (χ2v) is 5.72. The van der Waals surface area contributed by atoms with E-state index in [1.165, 1.54) is 0 Å². The Morgan fingerprint density at radius 3 is 2.35 bits per heavy atom. The van der Waals surface area contributed by atoms with Crippen LogP contribution in [0.2, 0.25) is 0 Å². The fraction of sp³-hybridized carbons (Fsp3) is 0.500. The first kappa shape index (κ1) is 14.5. The molecule has 1 heterocycles. The van der Waals surface area contributed by atoms with Crippen LogP contribution in [0, 0.1) is 25.2 Å². The number of nitrogens with zero attached hydrogens (tertiary/aromatic N) is 2. The van der Waals surface area contributed by atoms with E-state index in [1.54, 1.807) is 0 Å². The van der Waals surface area contributed by atoms with Gasteiger partial charge in [0, 0.05) is 18.7 Å². The molecule has 1 N–H and O–H groups in total. The van der Waals surface area contributed by atoms with E-state index in [-0.39, 0.29) is 5.91 Å². The van der Waals surface area contributed by atoms with E-state index in [1.807, 2.05) is 39.1 Å². The van der Waals surface area contributed by atoms with Gasteiger partial charge in [0.05, 0.1) is 6.07 Å². The molecule has 1 saturated heterocycles. The minimum atomic E-state index is -0.724. The second kappa shape index (κ2) is 5.64. The second-order valence-electron chi connectivity index (χ2n) is 5.72. The molecule has 1 aliphatic heterocycles. The molecular formula is C16H21N3O. The largest absolute Gasteiger partial charge is 0.334 e. The molecule has 1 aromatic carbocycles. The number of piperidine rings is 1. The summed E-state index contributed by atoms with van der Waals surface area (Å²) in [4.78, 5) is 14.7. The van der Waals surface area contributed by atoms with Crippen LogP contribution in [-0.4, -0.2) is 36.5 Å². The third-order valence-corrected chi connectivity index (χ3v) is 4.12. The number of benzene rings is 1. The molecule has 20 heavy (non-hydrogen) atoms. The van der Waals surface area contributed by atoms with Crippen LogP contribution in [0.3, 0.4) is 0 Å². The van der Waals surface area contributed by atoms with Crippen LogP contribution in [0.15, 0.2) is 18.2 Å². The van der Waals surface area contributed by atoms with Crippen LogP contribution in [-0.2, 0) is 0 Å². The van der Waals surface area contributed by atoms with Crippen molar-refractivity contribution in [3.8, 4) is 6.07 Å². The molecule has 0 aliphatic carbocycles. The predicted octanol–water partition coefficient (Wildman–Crippen LogP) is 2.02. The van der Waals surface area contributed by atoms with Gasteiger partial charge in [-0.15, -0.1) is 0 Å². The van der Waals surface area contributed by atoms with Gasteiger partial charge in [-0.25, -0.2) is 0 Å². The van der Waals surface area contributed by atoms with Crippen molar-refractivity contribution in [1.29, 1.82) is 5.26 Å². The molecule has 0 spiro atoms. The third-order valence-electron chi connectivity index (χ3n) is 4.12. The van der Waals surface area contributed by atoms with Gasteiger partial charge >= 0.3 is 0 Å². The summed E-state index contributed by atoms with van der Waals surface area (Å²) in [6, 6.07) is 8.11. The molecule has 4 heteroatoms. The molecular weight excluding hydrogens is 250 g/mol. The zero-order chi connectivity index (χ0) is 14.8. The maximum Gasteiger partial charge on any atom is 0.253 e. The minimum absolute atomic E-state index is 0.133. The van der Waals surface area contributed by atoms with Gasteiger partial charge in [0.25, 0.3) is 5.91 Å². The van der Waals surface area contributed by atoms with Gasteiger partial charge in [-0.2, -0.15) is 5.26 Å². The van der Waals surface area contributed by atoms with Crippen LogP contribution in [0.5, 0.6) is 0 Å². The van der Waals surface area contributed by atoms with Crippen LogP contribution in [0.1, 0.15) is 34.3 Å². The number of amides is 1. The van der Waals surface area contributed by atoms with Gasteiger partial charge in [0.1, 0.15) is 5.54 Å². The van der Waals surface area contributed by atoms with Gasteiger partial charge in [-0.05, 0) is 44.9 Å². The molecule has 1 aromatic rings. The Balaban J connectivity index is 2.21. The van der Waals surface area contributed by atoms with Gasteiger partial charge in [-0.3, -0.25) is 4.79 Å². The van der Waals surface area contributed by atoms with Gasteiger partial charge in [-0.1, -0.05) is 18.2 Å². The average molecular weight is 271 g/mol. The molecule has 1 aliphatic rings. The van der Waals surface area contributed by atoms with Crippen molar-refractivity contribution in [1.82, 2.24) is 10.2 Å². The number of hydrogen-bond acceptors (Lipinski definition) is 3. The normalized spacial score (nSPS) is 18.3. The molecule has 1 amide bonds. The SMILES string of the molecule is Cc1cccc(C)c1C(=O)NC1(C#N)CCN(C)CC1.